The van der Waals surface area contributed by atoms with Crippen molar-refractivity contribution in [2.24, 2.45) is 5.10 Å². The van der Waals surface area contributed by atoms with Crippen LogP contribution in [0.2, 0.25) is 0 Å². The maximum atomic E-state index is 12.0. The normalized spacial score (nSPS) is 10.5. The molecule has 3 aromatic rings. The van der Waals surface area contributed by atoms with Crippen molar-refractivity contribution in [1.82, 2.24) is 10.7 Å². The lowest BCUT2D eigenvalue weighted by Gasteiger charge is -2.05. The summed E-state index contributed by atoms with van der Waals surface area (Å²) in [4.78, 5) is 47.6. The van der Waals surface area contributed by atoms with E-state index in [0.29, 0.717) is 17.1 Å². The van der Waals surface area contributed by atoms with Gasteiger partial charge in [-0.15, -0.1) is 0 Å². The molecule has 0 spiro atoms. The zero-order valence-corrected chi connectivity index (χ0v) is 19.5. The third-order valence-electron chi connectivity index (χ3n) is 4.29. The van der Waals surface area contributed by atoms with Gasteiger partial charge in [0.1, 0.15) is 11.5 Å². The first-order valence-corrected chi connectivity index (χ1v) is 10.7. The van der Waals surface area contributed by atoms with Gasteiger partial charge in [0.25, 0.3) is 0 Å². The van der Waals surface area contributed by atoms with E-state index in [1.54, 1.807) is 48.5 Å². The number of furan rings is 1. The molecular formula is C23H20BrN5O5. The van der Waals surface area contributed by atoms with Gasteiger partial charge in [-0.2, -0.15) is 5.10 Å². The van der Waals surface area contributed by atoms with Gasteiger partial charge in [0.15, 0.2) is 0 Å². The Hall–Kier alpha value is -4.25. The summed E-state index contributed by atoms with van der Waals surface area (Å²) in [5.41, 5.74) is 4.09. The first-order valence-electron chi connectivity index (χ1n) is 9.94. The zero-order chi connectivity index (χ0) is 24.5. The molecule has 1 heterocycles. The number of nitrogens with zero attached hydrogens (tertiary/aromatic N) is 1. The molecule has 2 aromatic carbocycles. The molecule has 174 valence electrons. The van der Waals surface area contributed by atoms with E-state index >= 15 is 0 Å². The fraction of sp³-hybridized carbons (Fsp3) is 0.0870. The van der Waals surface area contributed by atoms with Crippen molar-refractivity contribution in [3.05, 3.63) is 82.2 Å². The molecule has 0 bridgehead atoms. The van der Waals surface area contributed by atoms with Gasteiger partial charge in [0.2, 0.25) is 0 Å². The van der Waals surface area contributed by atoms with Crippen LogP contribution in [0.5, 0.6) is 0 Å². The van der Waals surface area contributed by atoms with E-state index in [4.69, 9.17) is 4.42 Å². The number of rotatable bonds is 6. The maximum Gasteiger partial charge on any atom is 0.329 e. The van der Waals surface area contributed by atoms with E-state index in [1.165, 1.54) is 6.21 Å². The topological polar surface area (TPSA) is 142 Å². The molecule has 0 unspecified atom stereocenters. The van der Waals surface area contributed by atoms with Gasteiger partial charge in [-0.1, -0.05) is 33.6 Å². The van der Waals surface area contributed by atoms with Crippen molar-refractivity contribution < 1.29 is 23.6 Å². The number of nitrogens with one attached hydrogen (secondary N) is 4. The minimum absolute atomic E-state index is 0.0318. The number of amides is 4. The lowest BCUT2D eigenvalue weighted by Crippen LogP contribution is -2.34. The molecule has 0 saturated carbocycles. The second-order valence-corrected chi connectivity index (χ2v) is 7.88. The van der Waals surface area contributed by atoms with Crippen molar-refractivity contribution in [2.75, 3.05) is 10.6 Å². The molecule has 34 heavy (non-hydrogen) atoms. The van der Waals surface area contributed by atoms with Gasteiger partial charge in [-0.3, -0.25) is 19.2 Å². The average molecular weight is 526 g/mol. The highest BCUT2D eigenvalue weighted by molar-refractivity contribution is 9.10. The summed E-state index contributed by atoms with van der Waals surface area (Å²) < 4.78 is 6.28. The minimum atomic E-state index is -0.960. The monoisotopic (exact) mass is 525 g/mol. The molecule has 4 amide bonds. The van der Waals surface area contributed by atoms with Crippen LogP contribution in [0.15, 0.2) is 74.7 Å². The first kappa shape index (κ1) is 24.4. The van der Waals surface area contributed by atoms with Crippen molar-refractivity contribution in [2.45, 2.75) is 13.5 Å². The lowest BCUT2D eigenvalue weighted by molar-refractivity contribution is -0.136. The summed E-state index contributed by atoms with van der Waals surface area (Å²) in [7, 11) is 0. The highest BCUT2D eigenvalue weighted by Crippen LogP contribution is 2.14. The summed E-state index contributed by atoms with van der Waals surface area (Å²) in [5.74, 6) is -2.85. The van der Waals surface area contributed by atoms with Crippen LogP contribution in [-0.4, -0.2) is 29.8 Å². The fourth-order valence-electron chi connectivity index (χ4n) is 2.56. The maximum absolute atomic E-state index is 12.0. The van der Waals surface area contributed by atoms with Crippen LogP contribution >= 0.6 is 15.9 Å². The number of anilines is 2. The highest BCUT2D eigenvalue weighted by Gasteiger charge is 2.15. The van der Waals surface area contributed by atoms with Crippen LogP contribution in [0.1, 0.15) is 17.1 Å². The Kier molecular flexibility index (Phi) is 8.30. The van der Waals surface area contributed by atoms with Crippen LogP contribution in [0, 0.1) is 6.92 Å². The Labute approximate surface area is 202 Å². The van der Waals surface area contributed by atoms with Gasteiger partial charge in [0.05, 0.1) is 12.8 Å². The standard InChI is InChI=1S/C23H20BrN5O5/c1-14-2-6-16(7-3-14)27-21(31)20(30)25-12-18-10-11-19(34-18)13-26-29-23(33)22(32)28-17-8-4-15(24)5-9-17/h2-11,13H,12H2,1H3,(H,25,30)(H,27,31)(H,28,32)(H,29,33)/b26-13+. The van der Waals surface area contributed by atoms with Crippen LogP contribution in [0.25, 0.3) is 0 Å². The molecule has 1 aromatic heterocycles. The molecule has 11 heteroatoms. The molecule has 4 N–H and O–H groups in total. The van der Waals surface area contributed by atoms with Crippen molar-refractivity contribution in [3.8, 4) is 0 Å². The molecular weight excluding hydrogens is 506 g/mol. The largest absolute Gasteiger partial charge is 0.458 e. The van der Waals surface area contributed by atoms with Gasteiger partial charge in [-0.05, 0) is 55.5 Å². The second-order valence-electron chi connectivity index (χ2n) is 6.97. The summed E-state index contributed by atoms with van der Waals surface area (Å²) >= 11 is 3.28. The van der Waals surface area contributed by atoms with E-state index in [9.17, 15) is 19.2 Å². The predicted octanol–water partition coefficient (Wildman–Crippen LogP) is 2.69. The van der Waals surface area contributed by atoms with Crippen molar-refractivity contribution >= 4 is 57.1 Å². The molecule has 0 atom stereocenters. The van der Waals surface area contributed by atoms with E-state index in [2.05, 4.69) is 42.4 Å². The SMILES string of the molecule is Cc1ccc(NC(=O)C(=O)NCc2ccc(/C=N/NC(=O)C(=O)Nc3ccc(Br)cc3)o2)cc1. The second kappa shape index (κ2) is 11.6. The van der Waals surface area contributed by atoms with E-state index in [0.717, 1.165) is 10.0 Å². The Morgan fingerprint density at radius 2 is 1.41 bits per heavy atom. The lowest BCUT2D eigenvalue weighted by atomic mass is 10.2. The smallest absolute Gasteiger partial charge is 0.329 e. The Bertz CT molecular complexity index is 1220. The summed E-state index contributed by atoms with van der Waals surface area (Å²) in [5, 5.41) is 11.0. The third kappa shape index (κ3) is 7.41. The number of aryl methyl sites for hydroxylation is 1. The molecule has 0 radical (unpaired) electrons. The first-order chi connectivity index (χ1) is 16.3. The highest BCUT2D eigenvalue weighted by atomic mass is 79.9. The Morgan fingerprint density at radius 1 is 0.824 bits per heavy atom. The number of hydrogen-bond acceptors (Lipinski definition) is 6. The van der Waals surface area contributed by atoms with E-state index in [1.807, 2.05) is 19.1 Å². The van der Waals surface area contributed by atoms with Crippen LogP contribution in [0.3, 0.4) is 0 Å². The van der Waals surface area contributed by atoms with Crippen LogP contribution < -0.4 is 21.4 Å². The minimum Gasteiger partial charge on any atom is -0.458 e. The van der Waals surface area contributed by atoms with E-state index in [-0.39, 0.29) is 12.3 Å². The van der Waals surface area contributed by atoms with Crippen LogP contribution in [0.4, 0.5) is 11.4 Å². The summed E-state index contributed by atoms with van der Waals surface area (Å²) in [6, 6.07) is 16.9. The fourth-order valence-corrected chi connectivity index (χ4v) is 2.82. The molecule has 3 rings (SSSR count). The van der Waals surface area contributed by atoms with Gasteiger partial charge in [0, 0.05) is 15.8 Å². The van der Waals surface area contributed by atoms with Gasteiger partial charge < -0.3 is 20.4 Å². The van der Waals surface area contributed by atoms with E-state index < -0.39 is 23.6 Å². The zero-order valence-electron chi connectivity index (χ0n) is 17.9. The molecule has 0 saturated heterocycles. The number of hydrogen-bond donors (Lipinski definition) is 4. The number of hydrazone groups is 1. The molecule has 0 aliphatic heterocycles. The molecule has 0 aliphatic rings. The molecule has 0 aliphatic carbocycles. The Balaban J connectivity index is 1.42. The third-order valence-corrected chi connectivity index (χ3v) is 4.82. The number of benzene rings is 2. The quantitative estimate of drug-likeness (QED) is 0.222. The van der Waals surface area contributed by atoms with Crippen molar-refractivity contribution in [3.63, 3.8) is 0 Å². The average Bonchev–Trinajstić information content (AvgIpc) is 3.28. The number of carbonyl (C=O) groups excluding carboxylic acids is 4. The predicted molar refractivity (Wildman–Crippen MR) is 129 cm³/mol. The Morgan fingerprint density at radius 3 is 2.06 bits per heavy atom. The number of carbonyl (C=O) groups is 4. The van der Waals surface area contributed by atoms with Gasteiger partial charge in [-0.25, -0.2) is 5.43 Å². The van der Waals surface area contributed by atoms with Gasteiger partial charge >= 0.3 is 23.6 Å². The molecule has 10 nitrogen and oxygen atoms in total. The van der Waals surface area contributed by atoms with Crippen molar-refractivity contribution in [1.29, 1.82) is 0 Å². The summed E-state index contributed by atoms with van der Waals surface area (Å²) in [6.07, 6.45) is 1.19. The number of halogens is 1. The van der Waals surface area contributed by atoms with Crippen LogP contribution in [-0.2, 0) is 25.7 Å². The molecule has 0 fully saturated rings. The summed E-state index contributed by atoms with van der Waals surface area (Å²) in [6.45, 7) is 1.88.